The van der Waals surface area contributed by atoms with Crippen LogP contribution in [-0.4, -0.2) is 44.5 Å². The first-order valence-electron chi connectivity index (χ1n) is 7.08. The highest BCUT2D eigenvalue weighted by molar-refractivity contribution is 7.80. The molecule has 0 saturated carbocycles. The number of anilines is 1. The summed E-state index contributed by atoms with van der Waals surface area (Å²) in [6.45, 7) is 5.03. The van der Waals surface area contributed by atoms with Crippen LogP contribution in [0.25, 0.3) is 0 Å². The van der Waals surface area contributed by atoms with Crippen molar-refractivity contribution in [3.63, 3.8) is 0 Å². The second-order valence-electron chi connectivity index (χ2n) is 5.07. The molecule has 4 nitrogen and oxygen atoms in total. The molecule has 0 bridgehead atoms. The second-order valence-corrected chi connectivity index (χ2v) is 5.48. The van der Waals surface area contributed by atoms with Gasteiger partial charge < -0.3 is 20.3 Å². The van der Waals surface area contributed by atoms with E-state index in [0.29, 0.717) is 17.3 Å². The number of morpholine rings is 1. The molecule has 8 heteroatoms. The van der Waals surface area contributed by atoms with Gasteiger partial charge in [-0.1, -0.05) is 6.07 Å². The summed E-state index contributed by atoms with van der Waals surface area (Å²) in [6.07, 6.45) is -4.35. The Labute approximate surface area is 132 Å². The zero-order chi connectivity index (χ0) is 16.0. The van der Waals surface area contributed by atoms with Crippen molar-refractivity contribution in [3.8, 4) is 0 Å². The smallest absolute Gasteiger partial charge is 0.370 e. The maximum absolute atomic E-state index is 12.6. The Morgan fingerprint density at radius 3 is 2.68 bits per heavy atom. The van der Waals surface area contributed by atoms with Gasteiger partial charge in [0.2, 0.25) is 0 Å². The van der Waals surface area contributed by atoms with Gasteiger partial charge in [0, 0.05) is 5.69 Å². The molecular weight excluding hydrogens is 315 g/mol. The van der Waals surface area contributed by atoms with Crippen LogP contribution in [0.2, 0.25) is 0 Å². The van der Waals surface area contributed by atoms with E-state index in [9.17, 15) is 13.2 Å². The van der Waals surface area contributed by atoms with E-state index < -0.39 is 11.7 Å². The van der Waals surface area contributed by atoms with Crippen LogP contribution >= 0.6 is 12.2 Å². The molecule has 122 valence electrons. The molecule has 22 heavy (non-hydrogen) atoms. The summed E-state index contributed by atoms with van der Waals surface area (Å²) < 4.78 is 43.1. The fourth-order valence-corrected chi connectivity index (χ4v) is 2.43. The first-order valence-corrected chi connectivity index (χ1v) is 7.49. The maximum Gasteiger partial charge on any atom is 0.416 e. The molecule has 1 saturated heterocycles. The summed E-state index contributed by atoms with van der Waals surface area (Å²) in [5, 5.41) is 6.12. The average Bonchev–Trinajstić information content (AvgIpc) is 2.48. The largest absolute Gasteiger partial charge is 0.416 e. The molecule has 3 N–H and O–H groups in total. The van der Waals surface area contributed by atoms with E-state index in [1.807, 2.05) is 0 Å². The number of hydrogen-bond donors (Lipinski definition) is 3. The fraction of sp³-hybridized carbons (Fsp3) is 0.500. The fourth-order valence-electron chi connectivity index (χ4n) is 2.21. The van der Waals surface area contributed by atoms with Gasteiger partial charge in [-0.25, -0.2) is 0 Å². The number of rotatable bonds is 4. The van der Waals surface area contributed by atoms with Gasteiger partial charge in [0.05, 0.1) is 31.9 Å². The molecule has 1 heterocycles. The Morgan fingerprint density at radius 1 is 1.27 bits per heavy atom. The zero-order valence-corrected chi connectivity index (χ0v) is 12.8. The number of thiocarbonyl (C=S) groups is 1. The van der Waals surface area contributed by atoms with Gasteiger partial charge in [0.25, 0.3) is 0 Å². The molecular formula is C14H19F3N3OS+. The zero-order valence-electron chi connectivity index (χ0n) is 12.0. The second kappa shape index (κ2) is 7.75. The molecule has 1 aromatic rings. The summed E-state index contributed by atoms with van der Waals surface area (Å²) in [6, 6.07) is 4.98. The Balaban J connectivity index is 1.77. The molecule has 0 atom stereocenters. The van der Waals surface area contributed by atoms with Gasteiger partial charge in [-0.2, -0.15) is 13.2 Å². The van der Waals surface area contributed by atoms with Crippen LogP contribution in [0.4, 0.5) is 18.9 Å². The van der Waals surface area contributed by atoms with Crippen LogP contribution in [0.3, 0.4) is 0 Å². The quantitative estimate of drug-likeness (QED) is 0.716. The molecule has 1 fully saturated rings. The number of ether oxygens (including phenoxy) is 1. The van der Waals surface area contributed by atoms with Gasteiger partial charge in [-0.15, -0.1) is 0 Å². The Kier molecular flexibility index (Phi) is 5.98. The summed E-state index contributed by atoms with van der Waals surface area (Å²) >= 11 is 5.10. The van der Waals surface area contributed by atoms with Crippen LogP contribution < -0.4 is 15.5 Å². The summed E-state index contributed by atoms with van der Waals surface area (Å²) in [5.41, 5.74) is -0.371. The molecule has 0 aliphatic carbocycles. The Hall–Kier alpha value is -1.38. The lowest BCUT2D eigenvalue weighted by Gasteiger charge is -2.24. The van der Waals surface area contributed by atoms with Gasteiger partial charge in [-0.3, -0.25) is 0 Å². The molecule has 0 amide bonds. The van der Waals surface area contributed by atoms with Crippen molar-refractivity contribution < 1.29 is 22.8 Å². The van der Waals surface area contributed by atoms with E-state index in [1.165, 1.54) is 11.0 Å². The van der Waals surface area contributed by atoms with E-state index >= 15 is 0 Å². The number of halogens is 3. The van der Waals surface area contributed by atoms with Crippen LogP contribution in [0.5, 0.6) is 0 Å². The lowest BCUT2D eigenvalue weighted by Crippen LogP contribution is -3.14. The Morgan fingerprint density at radius 2 is 2.00 bits per heavy atom. The number of benzene rings is 1. The molecule has 1 aliphatic rings. The van der Waals surface area contributed by atoms with Crippen molar-refractivity contribution in [2.75, 3.05) is 44.7 Å². The standard InChI is InChI=1S/C14H18F3N3OS/c15-14(16,17)11-2-1-3-12(10-11)19-13(22)18-4-5-20-6-8-21-9-7-20/h1-3,10H,4-9H2,(H2,18,19,22)/p+1. The lowest BCUT2D eigenvalue weighted by molar-refractivity contribution is -0.906. The third-order valence-electron chi connectivity index (χ3n) is 3.41. The summed E-state index contributed by atoms with van der Waals surface area (Å²) in [5.74, 6) is 0. The molecule has 1 aromatic carbocycles. The SMILES string of the molecule is FC(F)(F)c1cccc(NC(=S)NCC[NH+]2CCOCC2)c1. The monoisotopic (exact) mass is 334 g/mol. The van der Waals surface area contributed by atoms with Gasteiger partial charge in [-0.05, 0) is 30.4 Å². The number of quaternary nitrogens is 1. The minimum atomic E-state index is -4.35. The van der Waals surface area contributed by atoms with E-state index in [4.69, 9.17) is 17.0 Å². The van der Waals surface area contributed by atoms with E-state index in [0.717, 1.165) is 45.0 Å². The number of alkyl halides is 3. The highest BCUT2D eigenvalue weighted by atomic mass is 32.1. The normalized spacial score (nSPS) is 16.3. The third-order valence-corrected chi connectivity index (χ3v) is 3.66. The maximum atomic E-state index is 12.6. The van der Waals surface area contributed by atoms with Gasteiger partial charge >= 0.3 is 6.18 Å². The predicted octanol–water partition coefficient (Wildman–Crippen LogP) is 0.907. The van der Waals surface area contributed by atoms with Crippen LogP contribution in [-0.2, 0) is 10.9 Å². The van der Waals surface area contributed by atoms with Crippen molar-refractivity contribution in [3.05, 3.63) is 29.8 Å². The minimum absolute atomic E-state index is 0.325. The summed E-state index contributed by atoms with van der Waals surface area (Å²) in [7, 11) is 0. The Bertz CT molecular complexity index is 504. The van der Waals surface area contributed by atoms with Gasteiger partial charge in [0.15, 0.2) is 5.11 Å². The van der Waals surface area contributed by atoms with Crippen molar-refractivity contribution in [1.82, 2.24) is 5.32 Å². The van der Waals surface area contributed by atoms with Crippen molar-refractivity contribution >= 4 is 23.0 Å². The van der Waals surface area contributed by atoms with E-state index in [2.05, 4.69) is 10.6 Å². The number of nitrogens with one attached hydrogen (secondary N) is 3. The molecule has 0 spiro atoms. The first-order chi connectivity index (χ1) is 10.4. The van der Waals surface area contributed by atoms with E-state index in [-0.39, 0.29) is 0 Å². The first kappa shape index (κ1) is 17.0. The van der Waals surface area contributed by atoms with Crippen molar-refractivity contribution in [2.24, 2.45) is 0 Å². The predicted molar refractivity (Wildman–Crippen MR) is 82.1 cm³/mol. The lowest BCUT2D eigenvalue weighted by atomic mass is 10.2. The molecule has 0 aromatic heterocycles. The molecule has 0 radical (unpaired) electrons. The van der Waals surface area contributed by atoms with Crippen LogP contribution in [0.1, 0.15) is 5.56 Å². The van der Waals surface area contributed by atoms with Gasteiger partial charge in [0.1, 0.15) is 13.1 Å². The average molecular weight is 334 g/mol. The molecule has 0 unspecified atom stereocenters. The highest BCUT2D eigenvalue weighted by Crippen LogP contribution is 2.30. The highest BCUT2D eigenvalue weighted by Gasteiger charge is 2.30. The molecule has 2 rings (SSSR count). The van der Waals surface area contributed by atoms with Crippen molar-refractivity contribution in [1.29, 1.82) is 0 Å². The van der Waals surface area contributed by atoms with Crippen LogP contribution in [0.15, 0.2) is 24.3 Å². The van der Waals surface area contributed by atoms with E-state index in [1.54, 1.807) is 6.07 Å². The summed E-state index contributed by atoms with van der Waals surface area (Å²) in [4.78, 5) is 1.43. The minimum Gasteiger partial charge on any atom is -0.370 e. The topological polar surface area (TPSA) is 37.7 Å². The molecule has 1 aliphatic heterocycles. The van der Waals surface area contributed by atoms with Crippen LogP contribution in [0, 0.1) is 0 Å². The van der Waals surface area contributed by atoms with Crippen molar-refractivity contribution in [2.45, 2.75) is 6.18 Å². The third kappa shape index (κ3) is 5.43. The number of hydrogen-bond acceptors (Lipinski definition) is 2.